The van der Waals surface area contributed by atoms with Gasteiger partial charge in [-0.1, -0.05) is 12.1 Å². The number of rotatable bonds is 0. The van der Waals surface area contributed by atoms with Gasteiger partial charge in [-0.3, -0.25) is 14.9 Å². The Kier molecular flexibility index (Phi) is 5.66. The molecule has 31 heavy (non-hydrogen) atoms. The van der Waals surface area contributed by atoms with Crippen LogP contribution in [0.25, 0.3) is 10.8 Å². The fourth-order valence-electron chi connectivity index (χ4n) is 3.77. The van der Waals surface area contributed by atoms with Gasteiger partial charge in [-0.25, -0.2) is 0 Å². The Hall–Kier alpha value is -2.64. The van der Waals surface area contributed by atoms with Crippen LogP contribution >= 0.6 is 0 Å². The SMILES string of the molecule is CC1(C)OCCCOc2cc3c4c(cccc4c2OCCCOC1(C)C)C(=O)NC3=O. The zero-order valence-electron chi connectivity index (χ0n) is 18.5. The molecule has 0 fully saturated rings. The minimum Gasteiger partial charge on any atom is -0.490 e. The minimum atomic E-state index is -0.461. The molecule has 7 heteroatoms. The second-order valence-corrected chi connectivity index (χ2v) is 8.88. The Bertz CT molecular complexity index is 1030. The molecule has 4 rings (SSSR count). The Morgan fingerprint density at radius 1 is 0.806 bits per heavy atom. The fourth-order valence-corrected chi connectivity index (χ4v) is 3.77. The average molecular weight is 427 g/mol. The Labute approximate surface area is 182 Å². The zero-order valence-corrected chi connectivity index (χ0v) is 18.5. The lowest BCUT2D eigenvalue weighted by Crippen LogP contribution is -2.50. The van der Waals surface area contributed by atoms with Crippen LogP contribution in [-0.2, 0) is 9.47 Å². The summed E-state index contributed by atoms with van der Waals surface area (Å²) in [7, 11) is 0. The number of carbonyl (C=O) groups excluding carboxylic acids is 2. The molecule has 0 bridgehead atoms. The lowest BCUT2D eigenvalue weighted by molar-refractivity contribution is -0.178. The van der Waals surface area contributed by atoms with E-state index in [1.807, 2.05) is 33.8 Å². The number of benzene rings is 2. The van der Waals surface area contributed by atoms with Crippen molar-refractivity contribution in [3.05, 3.63) is 35.4 Å². The van der Waals surface area contributed by atoms with Gasteiger partial charge >= 0.3 is 0 Å². The van der Waals surface area contributed by atoms with Crippen LogP contribution < -0.4 is 14.8 Å². The maximum Gasteiger partial charge on any atom is 0.258 e. The summed E-state index contributed by atoms with van der Waals surface area (Å²) >= 11 is 0. The third-order valence-electron chi connectivity index (χ3n) is 6.25. The van der Waals surface area contributed by atoms with E-state index in [4.69, 9.17) is 18.9 Å². The summed E-state index contributed by atoms with van der Waals surface area (Å²) in [6.07, 6.45) is 1.33. The van der Waals surface area contributed by atoms with Crippen molar-refractivity contribution in [2.75, 3.05) is 26.4 Å². The van der Waals surface area contributed by atoms with Crippen LogP contribution in [0, 0.1) is 0 Å². The highest BCUT2D eigenvalue weighted by atomic mass is 16.6. The largest absolute Gasteiger partial charge is 0.490 e. The van der Waals surface area contributed by atoms with Crippen molar-refractivity contribution in [2.24, 2.45) is 0 Å². The highest BCUT2D eigenvalue weighted by Gasteiger charge is 2.39. The molecule has 2 amide bonds. The second-order valence-electron chi connectivity index (χ2n) is 8.88. The number of hydrogen-bond acceptors (Lipinski definition) is 6. The standard InChI is InChI=1S/C24H29NO6/c1-23(2)24(3,4)31-13-7-11-29-20-15-8-5-9-16-19(15)17(22(27)25-21(16)26)14-18(20)28-10-6-12-30-23/h5,8-9,14H,6-7,10-13H2,1-4H3,(H,25,26,27). The van der Waals surface area contributed by atoms with E-state index in [1.54, 1.807) is 18.2 Å². The Balaban J connectivity index is 1.70. The van der Waals surface area contributed by atoms with Crippen LogP contribution in [-0.4, -0.2) is 49.4 Å². The van der Waals surface area contributed by atoms with Gasteiger partial charge < -0.3 is 18.9 Å². The average Bonchev–Trinajstić information content (AvgIpc) is 2.71. The molecule has 0 atom stereocenters. The van der Waals surface area contributed by atoms with Gasteiger partial charge in [-0.2, -0.15) is 0 Å². The molecule has 166 valence electrons. The highest BCUT2D eigenvalue weighted by Crippen LogP contribution is 2.41. The summed E-state index contributed by atoms with van der Waals surface area (Å²) in [5.41, 5.74) is -0.0521. The smallest absolute Gasteiger partial charge is 0.258 e. The normalized spacial score (nSPS) is 21.3. The van der Waals surface area contributed by atoms with Crippen LogP contribution in [0.1, 0.15) is 61.3 Å². The van der Waals surface area contributed by atoms with Gasteiger partial charge in [0.05, 0.1) is 43.2 Å². The molecule has 0 saturated carbocycles. The van der Waals surface area contributed by atoms with E-state index in [-0.39, 0.29) is 0 Å². The molecule has 0 saturated heterocycles. The molecule has 0 spiro atoms. The molecule has 2 aromatic rings. The van der Waals surface area contributed by atoms with Crippen LogP contribution in [0.3, 0.4) is 0 Å². The molecule has 7 nitrogen and oxygen atoms in total. The molecule has 0 unspecified atom stereocenters. The van der Waals surface area contributed by atoms with Crippen molar-refractivity contribution in [1.82, 2.24) is 5.32 Å². The predicted molar refractivity (Wildman–Crippen MR) is 116 cm³/mol. The molecular formula is C24H29NO6. The molecule has 1 N–H and O–H groups in total. The van der Waals surface area contributed by atoms with Gasteiger partial charge in [0.1, 0.15) is 0 Å². The van der Waals surface area contributed by atoms with Crippen molar-refractivity contribution >= 4 is 22.6 Å². The van der Waals surface area contributed by atoms with Gasteiger partial charge in [0.2, 0.25) is 0 Å². The molecule has 0 aliphatic carbocycles. The number of imide groups is 1. The third kappa shape index (κ3) is 4.00. The maximum absolute atomic E-state index is 12.5. The van der Waals surface area contributed by atoms with E-state index in [2.05, 4.69) is 5.32 Å². The molecule has 2 aromatic carbocycles. The van der Waals surface area contributed by atoms with E-state index in [0.717, 1.165) is 0 Å². The lowest BCUT2D eigenvalue weighted by atomic mass is 9.89. The van der Waals surface area contributed by atoms with Crippen molar-refractivity contribution in [3.63, 3.8) is 0 Å². The molecular weight excluding hydrogens is 398 g/mol. The first kappa shape index (κ1) is 21.6. The molecule has 2 aliphatic heterocycles. The van der Waals surface area contributed by atoms with E-state index < -0.39 is 23.0 Å². The number of amides is 2. The first-order valence-corrected chi connectivity index (χ1v) is 10.7. The van der Waals surface area contributed by atoms with Crippen molar-refractivity contribution < 1.29 is 28.5 Å². The molecule has 0 radical (unpaired) electrons. The quantitative estimate of drug-likeness (QED) is 0.643. The van der Waals surface area contributed by atoms with Gasteiger partial charge in [0.15, 0.2) is 11.5 Å². The van der Waals surface area contributed by atoms with Gasteiger partial charge in [0.25, 0.3) is 11.8 Å². The van der Waals surface area contributed by atoms with E-state index in [0.29, 0.717) is 72.7 Å². The highest BCUT2D eigenvalue weighted by molar-refractivity contribution is 6.26. The number of nitrogens with one attached hydrogen (secondary N) is 1. The molecule has 2 heterocycles. The number of fused-ring (bicyclic) bond motifs is 2. The maximum atomic E-state index is 12.5. The second kappa shape index (κ2) is 8.13. The van der Waals surface area contributed by atoms with E-state index in [9.17, 15) is 9.59 Å². The Morgan fingerprint density at radius 3 is 2.10 bits per heavy atom. The van der Waals surface area contributed by atoms with Crippen molar-refractivity contribution in [3.8, 4) is 11.5 Å². The Morgan fingerprint density at radius 2 is 1.42 bits per heavy atom. The van der Waals surface area contributed by atoms with Crippen molar-refractivity contribution in [1.29, 1.82) is 0 Å². The number of ether oxygens (including phenoxy) is 4. The summed E-state index contributed by atoms with van der Waals surface area (Å²) in [4.78, 5) is 24.8. The number of carbonyl (C=O) groups is 2. The summed E-state index contributed by atoms with van der Waals surface area (Å²) in [6, 6.07) is 7.01. The minimum absolute atomic E-state index is 0.402. The van der Waals surface area contributed by atoms with Crippen molar-refractivity contribution in [2.45, 2.75) is 51.7 Å². The monoisotopic (exact) mass is 427 g/mol. The fraction of sp³-hybridized carbons (Fsp3) is 0.500. The predicted octanol–water partition coefficient (Wildman–Crippen LogP) is 3.87. The van der Waals surface area contributed by atoms with E-state index in [1.165, 1.54) is 0 Å². The topological polar surface area (TPSA) is 83.1 Å². The summed E-state index contributed by atoms with van der Waals surface area (Å²) in [5.74, 6) is 0.197. The first-order chi connectivity index (χ1) is 14.7. The van der Waals surface area contributed by atoms with Crippen LogP contribution in [0.15, 0.2) is 24.3 Å². The summed E-state index contributed by atoms with van der Waals surface area (Å²) in [5, 5.41) is 3.68. The summed E-state index contributed by atoms with van der Waals surface area (Å²) < 4.78 is 24.4. The molecule has 0 aromatic heterocycles. The van der Waals surface area contributed by atoms with E-state index >= 15 is 0 Å². The van der Waals surface area contributed by atoms with Crippen LogP contribution in [0.5, 0.6) is 11.5 Å². The zero-order chi connectivity index (χ0) is 22.2. The lowest BCUT2D eigenvalue weighted by Gasteiger charge is -2.41. The number of hydrogen-bond donors (Lipinski definition) is 1. The van der Waals surface area contributed by atoms with Gasteiger partial charge in [-0.15, -0.1) is 0 Å². The van der Waals surface area contributed by atoms with Crippen LogP contribution in [0.4, 0.5) is 0 Å². The first-order valence-electron chi connectivity index (χ1n) is 10.7. The van der Waals surface area contributed by atoms with Gasteiger partial charge in [0, 0.05) is 29.2 Å². The van der Waals surface area contributed by atoms with Crippen LogP contribution in [0.2, 0.25) is 0 Å². The third-order valence-corrected chi connectivity index (χ3v) is 6.25. The molecule has 2 aliphatic rings. The summed E-state index contributed by atoms with van der Waals surface area (Å²) in [6.45, 7) is 9.95. The van der Waals surface area contributed by atoms with Gasteiger partial charge in [-0.05, 0) is 39.8 Å².